The summed E-state index contributed by atoms with van der Waals surface area (Å²) in [6, 6.07) is 5.83. The number of ether oxygens (including phenoxy) is 2. The van der Waals surface area contributed by atoms with Crippen LogP contribution < -0.4 is 20.1 Å². The number of guanidine groups is 1. The quantitative estimate of drug-likeness (QED) is 0.642. The molecule has 0 unspecified atom stereocenters. The van der Waals surface area contributed by atoms with E-state index in [4.69, 9.17) is 14.0 Å². The Morgan fingerprint density at radius 1 is 1.23 bits per heavy atom. The Kier molecular flexibility index (Phi) is 4.08. The third-order valence-corrected chi connectivity index (χ3v) is 3.10. The molecule has 0 fully saturated rings. The molecule has 8 heteroatoms. The Bertz CT molecular complexity index is 683. The fourth-order valence-electron chi connectivity index (χ4n) is 2.03. The molecule has 1 aromatic heterocycles. The summed E-state index contributed by atoms with van der Waals surface area (Å²) in [6.45, 7) is 3.08. The van der Waals surface area contributed by atoms with Gasteiger partial charge in [-0.1, -0.05) is 11.2 Å². The van der Waals surface area contributed by atoms with Gasteiger partial charge in [0.1, 0.15) is 0 Å². The SMILES string of the molecule is CN=C(NCc1ccc2c(c1)OCO2)NCc1nc(C)no1. The Morgan fingerprint density at radius 2 is 2.05 bits per heavy atom. The molecule has 0 aliphatic carbocycles. The lowest BCUT2D eigenvalue weighted by molar-refractivity contribution is 0.174. The molecule has 0 radical (unpaired) electrons. The predicted octanol–water partition coefficient (Wildman–Crippen LogP) is 0.972. The zero-order chi connectivity index (χ0) is 15.4. The highest BCUT2D eigenvalue weighted by Crippen LogP contribution is 2.32. The van der Waals surface area contributed by atoms with Gasteiger partial charge < -0.3 is 24.6 Å². The van der Waals surface area contributed by atoms with Crippen LogP contribution in [0.15, 0.2) is 27.7 Å². The molecule has 8 nitrogen and oxygen atoms in total. The van der Waals surface area contributed by atoms with Gasteiger partial charge in [-0.15, -0.1) is 0 Å². The minimum Gasteiger partial charge on any atom is -0.454 e. The van der Waals surface area contributed by atoms with E-state index in [1.54, 1.807) is 14.0 Å². The first-order valence-corrected chi connectivity index (χ1v) is 6.87. The van der Waals surface area contributed by atoms with Crippen molar-refractivity contribution in [2.75, 3.05) is 13.8 Å². The zero-order valence-electron chi connectivity index (χ0n) is 12.4. The second-order valence-corrected chi connectivity index (χ2v) is 4.70. The number of aryl methyl sites for hydroxylation is 1. The first kappa shape index (κ1) is 14.2. The average Bonchev–Trinajstić information content (AvgIpc) is 3.15. The normalized spacial score (nSPS) is 13.3. The Morgan fingerprint density at radius 3 is 2.82 bits per heavy atom. The zero-order valence-corrected chi connectivity index (χ0v) is 12.4. The second kappa shape index (κ2) is 6.33. The summed E-state index contributed by atoms with van der Waals surface area (Å²) in [7, 11) is 1.70. The number of nitrogens with one attached hydrogen (secondary N) is 2. The summed E-state index contributed by atoms with van der Waals surface area (Å²) in [5.41, 5.74) is 1.07. The van der Waals surface area contributed by atoms with Gasteiger partial charge in [-0.25, -0.2) is 0 Å². The van der Waals surface area contributed by atoms with Gasteiger partial charge >= 0.3 is 0 Å². The Labute approximate surface area is 127 Å². The smallest absolute Gasteiger partial charge is 0.246 e. The maximum atomic E-state index is 5.36. The number of benzene rings is 1. The van der Waals surface area contributed by atoms with Crippen molar-refractivity contribution in [2.45, 2.75) is 20.0 Å². The summed E-state index contributed by atoms with van der Waals surface area (Å²) in [4.78, 5) is 8.27. The van der Waals surface area contributed by atoms with E-state index in [1.807, 2.05) is 18.2 Å². The van der Waals surface area contributed by atoms with Crippen molar-refractivity contribution >= 4 is 5.96 Å². The lowest BCUT2D eigenvalue weighted by atomic mass is 10.2. The molecule has 2 N–H and O–H groups in total. The highest BCUT2D eigenvalue weighted by molar-refractivity contribution is 5.79. The molecule has 2 heterocycles. The minimum absolute atomic E-state index is 0.277. The van der Waals surface area contributed by atoms with Crippen LogP contribution in [0.5, 0.6) is 11.5 Å². The van der Waals surface area contributed by atoms with E-state index >= 15 is 0 Å². The first-order valence-electron chi connectivity index (χ1n) is 6.87. The van der Waals surface area contributed by atoms with E-state index < -0.39 is 0 Å². The van der Waals surface area contributed by atoms with Crippen molar-refractivity contribution in [1.29, 1.82) is 0 Å². The molecule has 22 heavy (non-hydrogen) atoms. The van der Waals surface area contributed by atoms with Crippen molar-refractivity contribution in [3.8, 4) is 11.5 Å². The van der Waals surface area contributed by atoms with Gasteiger partial charge in [-0.05, 0) is 24.6 Å². The lowest BCUT2D eigenvalue weighted by Gasteiger charge is -2.10. The van der Waals surface area contributed by atoms with E-state index in [9.17, 15) is 0 Å². The van der Waals surface area contributed by atoms with Crippen LogP contribution in [-0.4, -0.2) is 29.9 Å². The van der Waals surface area contributed by atoms with Crippen molar-refractivity contribution in [1.82, 2.24) is 20.8 Å². The molecule has 0 spiro atoms. The summed E-state index contributed by atoms with van der Waals surface area (Å²) >= 11 is 0. The average molecular weight is 303 g/mol. The van der Waals surface area contributed by atoms with Crippen LogP contribution in [-0.2, 0) is 13.1 Å². The van der Waals surface area contributed by atoms with Gasteiger partial charge in [0.05, 0.1) is 6.54 Å². The minimum atomic E-state index is 0.277. The summed E-state index contributed by atoms with van der Waals surface area (Å²) in [5.74, 6) is 3.32. The topological polar surface area (TPSA) is 93.8 Å². The largest absolute Gasteiger partial charge is 0.454 e. The number of hydrogen-bond donors (Lipinski definition) is 2. The van der Waals surface area contributed by atoms with Crippen LogP contribution in [0.3, 0.4) is 0 Å². The van der Waals surface area contributed by atoms with E-state index in [0.29, 0.717) is 30.8 Å². The van der Waals surface area contributed by atoms with Gasteiger partial charge in [0.2, 0.25) is 12.7 Å². The number of aromatic nitrogens is 2. The molecule has 3 rings (SSSR count). The van der Waals surface area contributed by atoms with Gasteiger partial charge in [-0.3, -0.25) is 4.99 Å². The van der Waals surface area contributed by atoms with Gasteiger partial charge in [0.15, 0.2) is 23.3 Å². The second-order valence-electron chi connectivity index (χ2n) is 4.70. The molecule has 1 aromatic carbocycles. The van der Waals surface area contributed by atoms with Crippen molar-refractivity contribution < 1.29 is 14.0 Å². The number of fused-ring (bicyclic) bond motifs is 1. The monoisotopic (exact) mass is 303 g/mol. The van der Waals surface area contributed by atoms with Crippen LogP contribution in [0, 0.1) is 6.92 Å². The molecule has 1 aliphatic heterocycles. The van der Waals surface area contributed by atoms with Crippen LogP contribution in [0.25, 0.3) is 0 Å². The molecule has 0 saturated heterocycles. The molecule has 0 bridgehead atoms. The van der Waals surface area contributed by atoms with Crippen molar-refractivity contribution in [2.24, 2.45) is 4.99 Å². The fraction of sp³-hybridized carbons (Fsp3) is 0.357. The number of aliphatic imine (C=N–C) groups is 1. The maximum absolute atomic E-state index is 5.36. The Hall–Kier alpha value is -2.77. The van der Waals surface area contributed by atoms with Crippen molar-refractivity contribution in [3.63, 3.8) is 0 Å². The summed E-state index contributed by atoms with van der Waals surface area (Å²) in [5, 5.41) is 10.1. The molecular formula is C14H17N5O3. The molecule has 2 aromatic rings. The van der Waals surface area contributed by atoms with Gasteiger partial charge in [0.25, 0.3) is 0 Å². The van der Waals surface area contributed by atoms with Gasteiger partial charge in [-0.2, -0.15) is 4.98 Å². The van der Waals surface area contributed by atoms with E-state index in [1.165, 1.54) is 0 Å². The highest BCUT2D eigenvalue weighted by Gasteiger charge is 2.13. The third kappa shape index (κ3) is 3.27. The van der Waals surface area contributed by atoms with Crippen LogP contribution in [0.1, 0.15) is 17.3 Å². The number of nitrogens with zero attached hydrogens (tertiary/aromatic N) is 3. The summed E-state index contributed by atoms with van der Waals surface area (Å²) in [6.07, 6.45) is 0. The highest BCUT2D eigenvalue weighted by atomic mass is 16.7. The van der Waals surface area contributed by atoms with Crippen LogP contribution in [0.2, 0.25) is 0 Å². The standard InChI is InChI=1S/C14H17N5O3/c1-9-18-13(22-19-9)7-17-14(15-2)16-6-10-3-4-11-12(5-10)21-8-20-11/h3-5H,6-8H2,1-2H3,(H2,15,16,17). The van der Waals surface area contributed by atoms with Crippen molar-refractivity contribution in [3.05, 3.63) is 35.5 Å². The lowest BCUT2D eigenvalue weighted by Crippen LogP contribution is -2.36. The molecule has 1 aliphatic rings. The third-order valence-electron chi connectivity index (χ3n) is 3.10. The number of rotatable bonds is 4. The molecule has 116 valence electrons. The molecule has 0 amide bonds. The van der Waals surface area contributed by atoms with Gasteiger partial charge in [0, 0.05) is 13.6 Å². The molecular weight excluding hydrogens is 286 g/mol. The molecule has 0 saturated carbocycles. The predicted molar refractivity (Wildman–Crippen MR) is 78.6 cm³/mol. The van der Waals surface area contributed by atoms with E-state index in [2.05, 4.69) is 25.8 Å². The Balaban J connectivity index is 1.52. The van der Waals surface area contributed by atoms with Crippen LogP contribution in [0.4, 0.5) is 0 Å². The van der Waals surface area contributed by atoms with E-state index in [-0.39, 0.29) is 6.79 Å². The van der Waals surface area contributed by atoms with E-state index in [0.717, 1.165) is 17.1 Å². The molecule has 0 atom stereocenters. The first-order chi connectivity index (χ1) is 10.7. The van der Waals surface area contributed by atoms with Crippen LogP contribution >= 0.6 is 0 Å². The fourth-order valence-corrected chi connectivity index (χ4v) is 2.03. The maximum Gasteiger partial charge on any atom is 0.246 e. The number of hydrogen-bond acceptors (Lipinski definition) is 6. The summed E-state index contributed by atoms with van der Waals surface area (Å²) < 4.78 is 15.7.